The molecule has 0 fully saturated rings. The fourth-order valence-electron chi connectivity index (χ4n) is 1.64. The van der Waals surface area contributed by atoms with Crippen molar-refractivity contribution < 1.29 is 8.42 Å². The molecule has 0 unspecified atom stereocenters. The lowest BCUT2D eigenvalue weighted by Crippen LogP contribution is -2.03. The molecule has 0 radical (unpaired) electrons. The van der Waals surface area contributed by atoms with Crippen LogP contribution in [-0.2, 0) is 22.0 Å². The molecule has 0 saturated heterocycles. The molecule has 1 rings (SSSR count). The van der Waals surface area contributed by atoms with Gasteiger partial charge in [0, 0.05) is 29.8 Å². The number of halogens is 1. The minimum absolute atomic E-state index is 0.0317. The van der Waals surface area contributed by atoms with E-state index in [1.807, 2.05) is 23.3 Å². The third-order valence-electron chi connectivity index (χ3n) is 2.45. The van der Waals surface area contributed by atoms with Crippen LogP contribution in [0, 0.1) is 0 Å². The first kappa shape index (κ1) is 15.9. The topological polar surface area (TPSA) is 52.0 Å². The fourth-order valence-corrected chi connectivity index (χ4v) is 2.96. The molecule has 0 atom stereocenters. The molecule has 0 aliphatic heterocycles. The second-order valence-corrected chi connectivity index (χ2v) is 7.83. The molecule has 0 saturated carbocycles. The zero-order valence-electron chi connectivity index (χ0n) is 10.7. The molecule has 0 aliphatic rings. The van der Waals surface area contributed by atoms with Gasteiger partial charge in [-0.3, -0.25) is 0 Å². The maximum atomic E-state index is 11.3. The predicted octanol–water partition coefficient (Wildman–Crippen LogP) is 2.91. The molecule has 1 heterocycles. The number of imidazole rings is 1. The van der Waals surface area contributed by atoms with Gasteiger partial charge in [0.1, 0.15) is 5.82 Å². The predicted molar refractivity (Wildman–Crippen MR) is 76.9 cm³/mol. The highest BCUT2D eigenvalue weighted by Gasteiger charge is 2.17. The highest BCUT2D eigenvalue weighted by Crippen LogP contribution is 2.16. The molecule has 0 aromatic carbocycles. The second kappa shape index (κ2) is 7.40. The minimum atomic E-state index is -3.72. The van der Waals surface area contributed by atoms with Crippen molar-refractivity contribution in [2.45, 2.75) is 44.7 Å². The molecule has 0 aliphatic carbocycles. The lowest BCUT2D eigenvalue weighted by atomic mass is 10.3. The van der Waals surface area contributed by atoms with E-state index < -0.39 is 9.05 Å². The van der Waals surface area contributed by atoms with E-state index in [1.165, 1.54) is 0 Å². The van der Waals surface area contributed by atoms with Crippen LogP contribution in [0.4, 0.5) is 0 Å². The van der Waals surface area contributed by atoms with Crippen LogP contribution in [0.3, 0.4) is 0 Å². The Labute approximate surface area is 118 Å². The molecule has 1 aromatic heterocycles. The number of hydrogen-bond acceptors (Lipinski definition) is 4. The maximum Gasteiger partial charge on any atom is 0.280 e. The van der Waals surface area contributed by atoms with Crippen molar-refractivity contribution in [1.29, 1.82) is 0 Å². The summed E-state index contributed by atoms with van der Waals surface area (Å²) in [4.78, 5) is 4.11. The van der Waals surface area contributed by atoms with Gasteiger partial charge in [-0.25, -0.2) is 13.4 Å². The van der Waals surface area contributed by atoms with Crippen molar-refractivity contribution in [3.63, 3.8) is 0 Å². The van der Waals surface area contributed by atoms with Crippen LogP contribution in [0.25, 0.3) is 0 Å². The first-order valence-corrected chi connectivity index (χ1v) is 9.53. The van der Waals surface area contributed by atoms with Crippen molar-refractivity contribution in [1.82, 2.24) is 9.55 Å². The summed E-state index contributed by atoms with van der Waals surface area (Å²) in [5.41, 5.74) is 0. The normalized spacial score (nSPS) is 11.9. The first-order chi connectivity index (χ1) is 8.49. The highest BCUT2D eigenvalue weighted by molar-refractivity contribution is 8.13. The number of rotatable bonds is 8. The van der Waals surface area contributed by atoms with E-state index in [2.05, 4.69) is 11.9 Å². The van der Waals surface area contributed by atoms with E-state index in [-0.39, 0.29) is 5.03 Å². The van der Waals surface area contributed by atoms with Crippen LogP contribution >= 0.6 is 22.4 Å². The van der Waals surface area contributed by atoms with Crippen molar-refractivity contribution in [2.24, 2.45) is 0 Å². The third-order valence-corrected chi connectivity index (χ3v) is 4.61. The molecule has 104 valence electrons. The van der Waals surface area contributed by atoms with Crippen molar-refractivity contribution in [3.8, 4) is 0 Å². The summed E-state index contributed by atoms with van der Waals surface area (Å²) < 4.78 is 24.4. The molecule has 7 heteroatoms. The Hall–Kier alpha value is -0.200. The van der Waals surface area contributed by atoms with E-state index in [1.54, 1.807) is 6.20 Å². The Bertz CT molecular complexity index is 471. The van der Waals surface area contributed by atoms with Crippen LogP contribution in [-0.4, -0.2) is 29.5 Å². The van der Waals surface area contributed by atoms with E-state index in [0.29, 0.717) is 0 Å². The number of thioether (sulfide) groups is 1. The van der Waals surface area contributed by atoms with Gasteiger partial charge < -0.3 is 4.57 Å². The number of aryl methyl sites for hydroxylation is 2. The first-order valence-electron chi connectivity index (χ1n) is 6.07. The van der Waals surface area contributed by atoms with Crippen LogP contribution in [0.2, 0.25) is 0 Å². The van der Waals surface area contributed by atoms with Crippen LogP contribution in [0.15, 0.2) is 11.2 Å². The van der Waals surface area contributed by atoms with Gasteiger partial charge in [0.15, 0.2) is 5.03 Å². The summed E-state index contributed by atoms with van der Waals surface area (Å²) in [7, 11) is 1.60. The third kappa shape index (κ3) is 4.82. The summed E-state index contributed by atoms with van der Waals surface area (Å²) in [5.74, 6) is 2.98. The van der Waals surface area contributed by atoms with E-state index in [9.17, 15) is 8.42 Å². The fraction of sp³-hybridized carbons (Fsp3) is 0.727. The van der Waals surface area contributed by atoms with Gasteiger partial charge in [0.2, 0.25) is 0 Å². The lowest BCUT2D eigenvalue weighted by molar-refractivity contribution is 0.606. The van der Waals surface area contributed by atoms with Crippen molar-refractivity contribution in [3.05, 3.63) is 12.0 Å². The summed E-state index contributed by atoms with van der Waals surface area (Å²) in [5, 5.41) is -0.0317. The number of nitrogens with zero attached hydrogens (tertiary/aromatic N) is 2. The van der Waals surface area contributed by atoms with Gasteiger partial charge in [-0.1, -0.05) is 13.8 Å². The van der Waals surface area contributed by atoms with E-state index in [4.69, 9.17) is 10.7 Å². The lowest BCUT2D eigenvalue weighted by Gasteiger charge is -2.06. The van der Waals surface area contributed by atoms with Gasteiger partial charge in [0.25, 0.3) is 9.05 Å². The Morgan fingerprint density at radius 2 is 2.17 bits per heavy atom. The smallest absolute Gasteiger partial charge is 0.280 e. The summed E-state index contributed by atoms with van der Waals surface area (Å²) in [6.45, 7) is 4.96. The standard InChI is InChI=1S/C11H19ClN2O2S2/c1-3-6-10-13-11(18(12,15)16)9-14(10)7-5-8-17-4-2/h9H,3-8H2,1-2H3. The van der Waals surface area contributed by atoms with Gasteiger partial charge >= 0.3 is 0 Å². The molecule has 0 spiro atoms. The molecule has 0 N–H and O–H groups in total. The van der Waals surface area contributed by atoms with Gasteiger partial charge in [0.05, 0.1) is 0 Å². The Balaban J connectivity index is 2.78. The van der Waals surface area contributed by atoms with Crippen molar-refractivity contribution >= 4 is 31.5 Å². The van der Waals surface area contributed by atoms with E-state index >= 15 is 0 Å². The monoisotopic (exact) mass is 310 g/mol. The average Bonchev–Trinajstić information content (AvgIpc) is 2.68. The zero-order valence-corrected chi connectivity index (χ0v) is 13.1. The Morgan fingerprint density at radius 1 is 1.44 bits per heavy atom. The Morgan fingerprint density at radius 3 is 2.72 bits per heavy atom. The van der Waals surface area contributed by atoms with Crippen molar-refractivity contribution in [2.75, 3.05) is 11.5 Å². The molecule has 1 aromatic rings. The van der Waals surface area contributed by atoms with E-state index in [0.717, 1.165) is 43.1 Å². The van der Waals surface area contributed by atoms with Gasteiger partial charge in [-0.2, -0.15) is 11.8 Å². The zero-order chi connectivity index (χ0) is 13.6. The largest absolute Gasteiger partial charge is 0.333 e. The second-order valence-electron chi connectivity index (χ2n) is 3.93. The summed E-state index contributed by atoms with van der Waals surface area (Å²) in [6, 6.07) is 0. The minimum Gasteiger partial charge on any atom is -0.333 e. The van der Waals surface area contributed by atoms with Crippen LogP contribution < -0.4 is 0 Å². The molecule has 4 nitrogen and oxygen atoms in total. The van der Waals surface area contributed by atoms with Gasteiger partial charge in [-0.05, 0) is 24.3 Å². The maximum absolute atomic E-state index is 11.3. The molecule has 0 amide bonds. The van der Waals surface area contributed by atoms with Crippen LogP contribution in [0.1, 0.15) is 32.5 Å². The highest BCUT2D eigenvalue weighted by atomic mass is 35.7. The number of aromatic nitrogens is 2. The summed E-state index contributed by atoms with van der Waals surface area (Å²) >= 11 is 1.88. The Kier molecular flexibility index (Phi) is 6.52. The van der Waals surface area contributed by atoms with Gasteiger partial charge in [-0.15, -0.1) is 0 Å². The number of hydrogen-bond donors (Lipinski definition) is 0. The van der Waals surface area contributed by atoms with Crippen LogP contribution in [0.5, 0.6) is 0 Å². The average molecular weight is 311 g/mol. The molecular formula is C11H19ClN2O2S2. The SMILES string of the molecule is CCCc1nc(S(=O)(=O)Cl)cn1CCCSCC. The quantitative estimate of drug-likeness (QED) is 0.547. The molecule has 0 bridgehead atoms. The summed E-state index contributed by atoms with van der Waals surface area (Å²) in [6.07, 6.45) is 4.26. The molecular weight excluding hydrogens is 292 g/mol. The molecule has 18 heavy (non-hydrogen) atoms.